The Morgan fingerprint density at radius 2 is 1.74 bits per heavy atom. The Bertz CT molecular complexity index is 869. The van der Waals surface area contributed by atoms with Gasteiger partial charge in [0.25, 0.3) is 5.91 Å². The van der Waals surface area contributed by atoms with Crippen LogP contribution in [0.2, 0.25) is 0 Å². The molecule has 5 nitrogen and oxygen atoms in total. The summed E-state index contributed by atoms with van der Waals surface area (Å²) in [6.45, 7) is 1.06. The Balaban J connectivity index is 1.47. The van der Waals surface area contributed by atoms with Gasteiger partial charge in [-0.3, -0.25) is 4.79 Å². The van der Waals surface area contributed by atoms with Crippen molar-refractivity contribution in [2.24, 2.45) is 0 Å². The minimum Gasteiger partial charge on any atom is -0.370 e. The maximum Gasteiger partial charge on any atom is 0.270 e. The first-order chi connectivity index (χ1) is 13.2. The molecule has 6 heteroatoms. The van der Waals surface area contributed by atoms with Gasteiger partial charge in [0.05, 0.1) is 0 Å². The van der Waals surface area contributed by atoms with Crippen LogP contribution in [0.15, 0.2) is 67.0 Å². The molecule has 2 aromatic carbocycles. The lowest BCUT2D eigenvalue weighted by Gasteiger charge is -2.08. The van der Waals surface area contributed by atoms with Gasteiger partial charge in [0, 0.05) is 19.2 Å². The van der Waals surface area contributed by atoms with Crippen molar-refractivity contribution in [3.8, 4) is 0 Å². The lowest BCUT2D eigenvalue weighted by Crippen LogP contribution is -2.24. The zero-order valence-electron chi connectivity index (χ0n) is 14.9. The van der Waals surface area contributed by atoms with E-state index in [0.717, 1.165) is 24.9 Å². The van der Waals surface area contributed by atoms with Crippen LogP contribution in [-0.2, 0) is 13.0 Å². The number of carbonyl (C=O) groups excluding carboxylic acids is 1. The van der Waals surface area contributed by atoms with Crippen LogP contribution >= 0.6 is 0 Å². The highest BCUT2D eigenvalue weighted by Crippen LogP contribution is 2.07. The Kier molecular flexibility index (Phi) is 6.46. The van der Waals surface area contributed by atoms with Crippen molar-refractivity contribution >= 4 is 11.7 Å². The number of aryl methyl sites for hydroxylation is 1. The molecule has 0 fully saturated rings. The molecule has 1 amide bonds. The summed E-state index contributed by atoms with van der Waals surface area (Å²) in [7, 11) is 0. The fourth-order valence-corrected chi connectivity index (χ4v) is 2.61. The number of hydrogen-bond acceptors (Lipinski definition) is 4. The third-order valence-electron chi connectivity index (χ3n) is 4.06. The van der Waals surface area contributed by atoms with Crippen LogP contribution in [0.5, 0.6) is 0 Å². The second kappa shape index (κ2) is 9.43. The van der Waals surface area contributed by atoms with Crippen LogP contribution in [0.25, 0.3) is 0 Å². The van der Waals surface area contributed by atoms with E-state index >= 15 is 0 Å². The molecule has 0 spiro atoms. The summed E-state index contributed by atoms with van der Waals surface area (Å²) in [5.41, 5.74) is 2.40. The Morgan fingerprint density at radius 1 is 0.963 bits per heavy atom. The molecule has 2 N–H and O–H groups in total. The van der Waals surface area contributed by atoms with Gasteiger partial charge in [-0.15, -0.1) is 0 Å². The maximum absolute atomic E-state index is 12.9. The van der Waals surface area contributed by atoms with Crippen molar-refractivity contribution in [2.45, 2.75) is 19.4 Å². The molecule has 0 bridgehead atoms. The van der Waals surface area contributed by atoms with E-state index in [1.54, 1.807) is 18.2 Å². The molecule has 138 valence electrons. The Labute approximate surface area is 157 Å². The van der Waals surface area contributed by atoms with E-state index in [0.29, 0.717) is 12.4 Å². The summed E-state index contributed by atoms with van der Waals surface area (Å²) >= 11 is 0. The van der Waals surface area contributed by atoms with Gasteiger partial charge in [-0.05, 0) is 36.1 Å². The number of amides is 1. The molecular formula is C21H21FN4O. The van der Waals surface area contributed by atoms with Gasteiger partial charge in [-0.25, -0.2) is 14.4 Å². The molecule has 1 heterocycles. The van der Waals surface area contributed by atoms with E-state index in [-0.39, 0.29) is 17.4 Å². The first-order valence-electron chi connectivity index (χ1n) is 8.83. The van der Waals surface area contributed by atoms with Gasteiger partial charge < -0.3 is 10.6 Å². The van der Waals surface area contributed by atoms with Gasteiger partial charge in [-0.2, -0.15) is 0 Å². The second-order valence-corrected chi connectivity index (χ2v) is 6.11. The van der Waals surface area contributed by atoms with Crippen molar-refractivity contribution in [1.82, 2.24) is 15.3 Å². The highest BCUT2D eigenvalue weighted by Gasteiger charge is 2.08. The van der Waals surface area contributed by atoms with Crippen molar-refractivity contribution < 1.29 is 9.18 Å². The Morgan fingerprint density at radius 3 is 2.52 bits per heavy atom. The first kappa shape index (κ1) is 18.5. The fourth-order valence-electron chi connectivity index (χ4n) is 2.61. The molecule has 0 aliphatic carbocycles. The molecule has 0 saturated carbocycles. The SMILES string of the molecule is O=C(NCc1ccc(F)cc1)c1cc(NCCCc2ccccc2)ncn1. The smallest absolute Gasteiger partial charge is 0.270 e. The number of benzene rings is 2. The van der Waals surface area contributed by atoms with E-state index in [1.807, 2.05) is 18.2 Å². The lowest BCUT2D eigenvalue weighted by atomic mass is 10.1. The predicted octanol–water partition coefficient (Wildman–Crippen LogP) is 3.59. The van der Waals surface area contributed by atoms with Crippen LogP contribution in [0, 0.1) is 5.82 Å². The van der Waals surface area contributed by atoms with Crippen LogP contribution in [0.3, 0.4) is 0 Å². The first-order valence-corrected chi connectivity index (χ1v) is 8.83. The highest BCUT2D eigenvalue weighted by atomic mass is 19.1. The van der Waals surface area contributed by atoms with Crippen molar-refractivity contribution in [1.29, 1.82) is 0 Å². The van der Waals surface area contributed by atoms with E-state index in [2.05, 4.69) is 32.7 Å². The van der Waals surface area contributed by atoms with Gasteiger partial charge in [0.1, 0.15) is 23.7 Å². The molecule has 3 aromatic rings. The van der Waals surface area contributed by atoms with Crippen molar-refractivity contribution in [3.63, 3.8) is 0 Å². The standard InChI is InChI=1S/C21H21FN4O/c22-18-10-8-17(9-11-18)14-24-21(27)19-13-20(26-15-25-19)23-12-4-7-16-5-2-1-3-6-16/h1-3,5-6,8-11,13,15H,4,7,12,14H2,(H,24,27)(H,23,25,26). The molecule has 0 atom stereocenters. The van der Waals surface area contributed by atoms with Gasteiger partial charge in [-0.1, -0.05) is 42.5 Å². The summed E-state index contributed by atoms with van der Waals surface area (Å²) in [4.78, 5) is 20.4. The molecular weight excluding hydrogens is 343 g/mol. The van der Waals surface area contributed by atoms with E-state index < -0.39 is 0 Å². The summed E-state index contributed by atoms with van der Waals surface area (Å²) in [5.74, 6) is 0.0166. The Hall–Kier alpha value is -3.28. The van der Waals surface area contributed by atoms with E-state index in [9.17, 15) is 9.18 Å². The number of anilines is 1. The quantitative estimate of drug-likeness (QED) is 0.600. The summed E-state index contributed by atoms with van der Waals surface area (Å²) in [5, 5.41) is 5.99. The van der Waals surface area contributed by atoms with Crippen LogP contribution in [0.1, 0.15) is 28.0 Å². The number of halogens is 1. The highest BCUT2D eigenvalue weighted by molar-refractivity contribution is 5.92. The zero-order valence-corrected chi connectivity index (χ0v) is 14.9. The number of aromatic nitrogens is 2. The number of rotatable bonds is 8. The number of nitrogens with one attached hydrogen (secondary N) is 2. The average Bonchev–Trinajstić information content (AvgIpc) is 2.71. The van der Waals surface area contributed by atoms with Crippen LogP contribution in [-0.4, -0.2) is 22.4 Å². The zero-order chi connectivity index (χ0) is 18.9. The number of hydrogen-bond donors (Lipinski definition) is 2. The maximum atomic E-state index is 12.9. The normalized spacial score (nSPS) is 10.4. The van der Waals surface area contributed by atoms with Crippen LogP contribution < -0.4 is 10.6 Å². The van der Waals surface area contributed by atoms with Gasteiger partial charge in [0.15, 0.2) is 0 Å². The average molecular weight is 364 g/mol. The van der Waals surface area contributed by atoms with Gasteiger partial charge >= 0.3 is 0 Å². The molecule has 27 heavy (non-hydrogen) atoms. The summed E-state index contributed by atoms with van der Waals surface area (Å²) < 4.78 is 12.9. The van der Waals surface area contributed by atoms with E-state index in [4.69, 9.17) is 0 Å². The largest absolute Gasteiger partial charge is 0.370 e. The molecule has 0 aliphatic rings. The van der Waals surface area contributed by atoms with Gasteiger partial charge in [0.2, 0.25) is 0 Å². The van der Waals surface area contributed by atoms with E-state index in [1.165, 1.54) is 24.0 Å². The van der Waals surface area contributed by atoms with Crippen molar-refractivity contribution in [2.75, 3.05) is 11.9 Å². The third kappa shape index (κ3) is 5.88. The summed E-state index contributed by atoms with van der Waals surface area (Å²) in [6.07, 6.45) is 3.30. The minimum absolute atomic E-state index is 0.290. The monoisotopic (exact) mass is 364 g/mol. The van der Waals surface area contributed by atoms with Crippen LogP contribution in [0.4, 0.5) is 10.2 Å². The molecule has 0 unspecified atom stereocenters. The molecule has 3 rings (SSSR count). The lowest BCUT2D eigenvalue weighted by molar-refractivity contribution is 0.0946. The second-order valence-electron chi connectivity index (χ2n) is 6.11. The topological polar surface area (TPSA) is 66.9 Å². The minimum atomic E-state index is -0.302. The fraction of sp³-hybridized carbons (Fsp3) is 0.190. The molecule has 0 saturated heterocycles. The summed E-state index contributed by atoms with van der Waals surface area (Å²) in [6, 6.07) is 17.9. The third-order valence-corrected chi connectivity index (χ3v) is 4.06. The predicted molar refractivity (Wildman–Crippen MR) is 103 cm³/mol. The molecule has 0 radical (unpaired) electrons. The number of carbonyl (C=O) groups is 1. The number of nitrogens with zero attached hydrogens (tertiary/aromatic N) is 2. The van der Waals surface area contributed by atoms with Crippen molar-refractivity contribution in [3.05, 3.63) is 89.6 Å². The molecule has 0 aliphatic heterocycles. The molecule has 1 aromatic heterocycles.